The van der Waals surface area contributed by atoms with Gasteiger partial charge in [0.2, 0.25) is 0 Å². The molecule has 1 saturated carbocycles. The maximum atomic E-state index is 5.81. The normalized spacial score (nSPS) is 14.6. The Hall–Kier alpha value is -2.11. The van der Waals surface area contributed by atoms with E-state index < -0.39 is 0 Å². The second kappa shape index (κ2) is 4.53. The third-order valence-corrected chi connectivity index (χ3v) is 3.33. The molecule has 19 heavy (non-hydrogen) atoms. The highest BCUT2D eigenvalue weighted by Gasteiger charge is 2.27. The summed E-state index contributed by atoms with van der Waals surface area (Å²) in [5.41, 5.74) is 7.77. The Morgan fingerprint density at radius 2 is 2.16 bits per heavy atom. The third-order valence-electron chi connectivity index (χ3n) is 3.33. The van der Waals surface area contributed by atoms with Crippen LogP contribution in [0.3, 0.4) is 0 Å². The molecule has 6 nitrogen and oxygen atoms in total. The topological polar surface area (TPSA) is 89.9 Å². The lowest BCUT2D eigenvalue weighted by Crippen LogP contribution is -2.07. The van der Waals surface area contributed by atoms with Gasteiger partial charge in [0.15, 0.2) is 0 Å². The maximum Gasteiger partial charge on any atom is 0.138 e. The Labute approximate surface area is 111 Å². The summed E-state index contributed by atoms with van der Waals surface area (Å²) in [5, 5.41) is 7.19. The van der Waals surface area contributed by atoms with Gasteiger partial charge in [0.1, 0.15) is 23.2 Å². The molecule has 0 aliphatic heterocycles. The van der Waals surface area contributed by atoms with E-state index in [9.17, 15) is 0 Å². The van der Waals surface area contributed by atoms with E-state index >= 15 is 0 Å². The van der Waals surface area contributed by atoms with Crippen molar-refractivity contribution < 1.29 is 4.52 Å². The Morgan fingerprint density at radius 1 is 1.37 bits per heavy atom. The smallest absolute Gasteiger partial charge is 0.138 e. The number of nitrogens with zero attached hydrogens (tertiary/aromatic N) is 3. The van der Waals surface area contributed by atoms with Crippen molar-refractivity contribution in [1.82, 2.24) is 15.1 Å². The fourth-order valence-electron chi connectivity index (χ4n) is 2.03. The molecular formula is C13H17N5O. The average Bonchev–Trinajstić information content (AvgIpc) is 3.15. The number of rotatable bonds is 4. The largest absolute Gasteiger partial charge is 0.384 e. The summed E-state index contributed by atoms with van der Waals surface area (Å²) in [5.74, 6) is 3.44. The van der Waals surface area contributed by atoms with Crippen molar-refractivity contribution in [2.75, 3.05) is 11.1 Å². The molecule has 3 rings (SSSR count). The van der Waals surface area contributed by atoms with E-state index in [1.807, 2.05) is 13.8 Å². The molecule has 0 amide bonds. The van der Waals surface area contributed by atoms with E-state index in [1.165, 1.54) is 0 Å². The molecule has 3 N–H and O–H groups in total. The second-order valence-corrected chi connectivity index (χ2v) is 4.97. The van der Waals surface area contributed by atoms with Crippen molar-refractivity contribution >= 4 is 11.6 Å². The van der Waals surface area contributed by atoms with Crippen LogP contribution < -0.4 is 11.1 Å². The Morgan fingerprint density at radius 3 is 2.79 bits per heavy atom. The number of anilines is 2. The first-order valence-electron chi connectivity index (χ1n) is 6.43. The first-order chi connectivity index (χ1) is 9.13. The zero-order chi connectivity index (χ0) is 13.4. The van der Waals surface area contributed by atoms with Crippen molar-refractivity contribution in [3.8, 4) is 0 Å². The van der Waals surface area contributed by atoms with Gasteiger partial charge in [-0.05, 0) is 26.7 Å². The van der Waals surface area contributed by atoms with Crippen molar-refractivity contribution in [2.24, 2.45) is 0 Å². The van der Waals surface area contributed by atoms with E-state index in [4.69, 9.17) is 10.3 Å². The molecule has 1 aliphatic rings. The van der Waals surface area contributed by atoms with E-state index in [2.05, 4.69) is 20.4 Å². The summed E-state index contributed by atoms with van der Waals surface area (Å²) in [7, 11) is 0. The number of aromatic nitrogens is 3. The minimum Gasteiger partial charge on any atom is -0.384 e. The summed E-state index contributed by atoms with van der Waals surface area (Å²) in [6.07, 6.45) is 2.32. The van der Waals surface area contributed by atoms with Gasteiger partial charge in [-0.1, -0.05) is 5.16 Å². The van der Waals surface area contributed by atoms with Gasteiger partial charge in [-0.3, -0.25) is 0 Å². The van der Waals surface area contributed by atoms with Crippen LogP contribution in [0.4, 0.5) is 11.6 Å². The molecule has 0 bridgehead atoms. The molecule has 0 unspecified atom stereocenters. The van der Waals surface area contributed by atoms with Gasteiger partial charge in [0.25, 0.3) is 0 Å². The SMILES string of the molecule is Cc1noc(C)c1CNc1cc(N)nc(C2CC2)n1. The zero-order valence-corrected chi connectivity index (χ0v) is 11.1. The van der Waals surface area contributed by atoms with Crippen molar-refractivity contribution in [3.63, 3.8) is 0 Å². The van der Waals surface area contributed by atoms with Crippen LogP contribution >= 0.6 is 0 Å². The highest BCUT2D eigenvalue weighted by molar-refractivity contribution is 5.46. The monoisotopic (exact) mass is 259 g/mol. The number of nitrogen functional groups attached to an aromatic ring is 1. The summed E-state index contributed by atoms with van der Waals surface area (Å²) in [4.78, 5) is 8.77. The molecule has 2 aromatic rings. The quantitative estimate of drug-likeness (QED) is 0.874. The number of hydrogen-bond donors (Lipinski definition) is 2. The van der Waals surface area contributed by atoms with Crippen molar-refractivity contribution in [1.29, 1.82) is 0 Å². The van der Waals surface area contributed by atoms with Crippen LogP contribution in [0.5, 0.6) is 0 Å². The summed E-state index contributed by atoms with van der Waals surface area (Å²) in [6.45, 7) is 4.46. The molecule has 0 aromatic carbocycles. The minimum atomic E-state index is 0.489. The lowest BCUT2D eigenvalue weighted by Gasteiger charge is -2.07. The second-order valence-electron chi connectivity index (χ2n) is 4.97. The van der Waals surface area contributed by atoms with Gasteiger partial charge < -0.3 is 15.6 Å². The highest BCUT2D eigenvalue weighted by atomic mass is 16.5. The van der Waals surface area contributed by atoms with Gasteiger partial charge in [0.05, 0.1) is 5.69 Å². The van der Waals surface area contributed by atoms with Crippen LogP contribution in [-0.4, -0.2) is 15.1 Å². The molecule has 0 saturated heterocycles. The summed E-state index contributed by atoms with van der Waals surface area (Å²) >= 11 is 0. The maximum absolute atomic E-state index is 5.81. The van der Waals surface area contributed by atoms with Crippen molar-refractivity contribution in [2.45, 2.75) is 39.2 Å². The number of hydrogen-bond acceptors (Lipinski definition) is 6. The molecule has 1 aliphatic carbocycles. The Balaban J connectivity index is 1.76. The molecule has 1 fully saturated rings. The van der Waals surface area contributed by atoms with Gasteiger partial charge in [-0.25, -0.2) is 9.97 Å². The molecule has 2 heterocycles. The zero-order valence-electron chi connectivity index (χ0n) is 11.1. The van der Waals surface area contributed by atoms with Crippen LogP contribution in [0.25, 0.3) is 0 Å². The summed E-state index contributed by atoms with van der Waals surface area (Å²) in [6, 6.07) is 1.75. The van der Waals surface area contributed by atoms with E-state index in [0.717, 1.165) is 41.5 Å². The highest BCUT2D eigenvalue weighted by Crippen LogP contribution is 2.38. The first kappa shape index (κ1) is 12.0. The predicted molar refractivity (Wildman–Crippen MR) is 71.7 cm³/mol. The number of aryl methyl sites for hydroxylation is 2. The van der Waals surface area contributed by atoms with Gasteiger partial charge in [-0.2, -0.15) is 0 Å². The van der Waals surface area contributed by atoms with Gasteiger partial charge >= 0.3 is 0 Å². The molecule has 6 heteroatoms. The minimum absolute atomic E-state index is 0.489. The van der Waals surface area contributed by atoms with Crippen LogP contribution in [0.1, 0.15) is 41.6 Å². The van der Waals surface area contributed by atoms with E-state index in [1.54, 1.807) is 6.07 Å². The average molecular weight is 259 g/mol. The van der Waals surface area contributed by atoms with Crippen LogP contribution in [0.15, 0.2) is 10.6 Å². The molecule has 0 atom stereocenters. The number of nitrogens with one attached hydrogen (secondary N) is 1. The van der Waals surface area contributed by atoms with E-state index in [0.29, 0.717) is 18.3 Å². The third kappa shape index (κ3) is 2.52. The Kier molecular flexibility index (Phi) is 2.85. The lowest BCUT2D eigenvalue weighted by atomic mass is 10.2. The van der Waals surface area contributed by atoms with Crippen LogP contribution in [0, 0.1) is 13.8 Å². The number of nitrogens with two attached hydrogens (primary N) is 1. The fourth-order valence-corrected chi connectivity index (χ4v) is 2.03. The molecular weight excluding hydrogens is 242 g/mol. The fraction of sp³-hybridized carbons (Fsp3) is 0.462. The van der Waals surface area contributed by atoms with Crippen LogP contribution in [-0.2, 0) is 6.54 Å². The molecule has 100 valence electrons. The van der Waals surface area contributed by atoms with Gasteiger partial charge in [0, 0.05) is 24.1 Å². The summed E-state index contributed by atoms with van der Waals surface area (Å²) < 4.78 is 5.13. The molecule has 0 spiro atoms. The first-order valence-corrected chi connectivity index (χ1v) is 6.43. The van der Waals surface area contributed by atoms with Crippen LogP contribution in [0.2, 0.25) is 0 Å². The lowest BCUT2D eigenvalue weighted by molar-refractivity contribution is 0.392. The Bertz CT molecular complexity index is 584. The van der Waals surface area contributed by atoms with E-state index in [-0.39, 0.29) is 0 Å². The van der Waals surface area contributed by atoms with Gasteiger partial charge in [-0.15, -0.1) is 0 Å². The standard InChI is InChI=1S/C13H17N5O/c1-7-10(8(2)19-18-7)6-15-12-5-11(14)16-13(17-12)9-3-4-9/h5,9H,3-4,6H2,1-2H3,(H3,14,15,16,17). The predicted octanol–water partition coefficient (Wildman–Crippen LogP) is 2.15. The molecule has 2 aromatic heterocycles. The molecule has 0 radical (unpaired) electrons. The van der Waals surface area contributed by atoms with Crippen molar-refractivity contribution in [3.05, 3.63) is 28.9 Å².